The molecule has 2 nitrogen and oxygen atoms in total. The topological polar surface area (TPSA) is 22.1 Å². The quantitative estimate of drug-likeness (QED) is 0.691. The van der Waals surface area contributed by atoms with Gasteiger partial charge in [0.15, 0.2) is 0 Å². The molecule has 0 fully saturated rings. The van der Waals surface area contributed by atoms with Crippen LogP contribution in [-0.4, -0.2) is 24.6 Å². The van der Waals surface area contributed by atoms with E-state index in [1.807, 2.05) is 6.92 Å². The summed E-state index contributed by atoms with van der Waals surface area (Å²) in [6.45, 7) is 1.79. The van der Waals surface area contributed by atoms with Gasteiger partial charge in [0.2, 0.25) is 0 Å². The number of hydrogen-bond acceptors (Lipinski definition) is 3. The molecule has 0 aromatic carbocycles. The summed E-state index contributed by atoms with van der Waals surface area (Å²) >= 11 is 1.57. The van der Waals surface area contributed by atoms with Gasteiger partial charge in [-0.15, -0.1) is 11.3 Å². The van der Waals surface area contributed by atoms with Crippen LogP contribution in [0.4, 0.5) is 8.78 Å². The third-order valence-corrected chi connectivity index (χ3v) is 2.35. The number of rotatable bonds is 5. The van der Waals surface area contributed by atoms with E-state index in [0.717, 1.165) is 9.88 Å². The minimum Gasteiger partial charge on any atom is -0.375 e. The normalized spacial score (nSPS) is 11.1. The molecule has 0 spiro atoms. The number of aryl methyl sites for hydroxylation is 1. The maximum absolute atomic E-state index is 11.6. The summed E-state index contributed by atoms with van der Waals surface area (Å²) in [5, 5.41) is 0.937. The number of hydrogen-bond donors (Lipinski definition) is 0. The van der Waals surface area contributed by atoms with Crippen LogP contribution in [0.5, 0.6) is 0 Å². The predicted octanol–water partition coefficient (Wildman–Crippen LogP) is 2.28. The summed E-state index contributed by atoms with van der Waals surface area (Å²) in [7, 11) is 0. The van der Waals surface area contributed by atoms with Crippen LogP contribution in [0.25, 0.3) is 0 Å². The standard InChI is InChI=1S/C8H11F2NOS/c1-6-4-11-8(13-6)2-3-12-5-7(9)10/h4,7H,2-3,5H2,1H3. The van der Waals surface area contributed by atoms with Gasteiger partial charge in [0.1, 0.15) is 6.61 Å². The molecule has 0 unspecified atom stereocenters. The third kappa shape index (κ3) is 4.28. The monoisotopic (exact) mass is 207 g/mol. The first-order chi connectivity index (χ1) is 6.18. The fraction of sp³-hybridized carbons (Fsp3) is 0.625. The van der Waals surface area contributed by atoms with Crippen molar-refractivity contribution in [1.29, 1.82) is 0 Å². The van der Waals surface area contributed by atoms with Crippen LogP contribution in [0.15, 0.2) is 6.20 Å². The zero-order chi connectivity index (χ0) is 9.68. The van der Waals surface area contributed by atoms with Gasteiger partial charge < -0.3 is 4.74 Å². The van der Waals surface area contributed by atoms with E-state index >= 15 is 0 Å². The lowest BCUT2D eigenvalue weighted by Gasteiger charge is -2.00. The molecule has 0 saturated carbocycles. The first kappa shape index (κ1) is 10.5. The molecular weight excluding hydrogens is 196 g/mol. The highest BCUT2D eigenvalue weighted by Crippen LogP contribution is 2.11. The maximum Gasteiger partial charge on any atom is 0.261 e. The molecule has 0 amide bonds. The number of halogens is 2. The lowest BCUT2D eigenvalue weighted by Crippen LogP contribution is -2.06. The van der Waals surface area contributed by atoms with Gasteiger partial charge in [-0.25, -0.2) is 13.8 Å². The van der Waals surface area contributed by atoms with Crippen molar-refractivity contribution in [3.05, 3.63) is 16.1 Å². The van der Waals surface area contributed by atoms with Crippen LogP contribution in [0, 0.1) is 6.92 Å². The van der Waals surface area contributed by atoms with Gasteiger partial charge in [0, 0.05) is 17.5 Å². The SMILES string of the molecule is Cc1cnc(CCOCC(F)F)s1. The summed E-state index contributed by atoms with van der Waals surface area (Å²) in [5.41, 5.74) is 0. The van der Waals surface area contributed by atoms with Crippen molar-refractivity contribution in [2.45, 2.75) is 19.8 Å². The summed E-state index contributed by atoms with van der Waals surface area (Å²) < 4.78 is 28.0. The van der Waals surface area contributed by atoms with E-state index in [9.17, 15) is 8.78 Å². The number of ether oxygens (including phenoxy) is 1. The summed E-state index contributed by atoms with van der Waals surface area (Å²) in [4.78, 5) is 5.21. The van der Waals surface area contributed by atoms with Gasteiger partial charge in [0.05, 0.1) is 11.6 Å². The second kappa shape index (κ2) is 5.24. The second-order valence-electron chi connectivity index (χ2n) is 2.58. The van der Waals surface area contributed by atoms with E-state index in [2.05, 4.69) is 4.98 Å². The van der Waals surface area contributed by atoms with Crippen molar-refractivity contribution in [3.8, 4) is 0 Å². The van der Waals surface area contributed by atoms with Gasteiger partial charge in [-0.05, 0) is 6.92 Å². The Morgan fingerprint density at radius 2 is 2.38 bits per heavy atom. The Bertz CT molecular complexity index is 252. The van der Waals surface area contributed by atoms with Gasteiger partial charge in [-0.3, -0.25) is 0 Å². The van der Waals surface area contributed by atoms with E-state index in [1.54, 1.807) is 17.5 Å². The average molecular weight is 207 g/mol. The van der Waals surface area contributed by atoms with Crippen molar-refractivity contribution in [3.63, 3.8) is 0 Å². The van der Waals surface area contributed by atoms with Crippen molar-refractivity contribution in [1.82, 2.24) is 4.98 Å². The molecule has 0 atom stereocenters. The molecule has 0 aliphatic heterocycles. The Labute approximate surface area is 79.6 Å². The van der Waals surface area contributed by atoms with Gasteiger partial charge >= 0.3 is 0 Å². The summed E-state index contributed by atoms with van der Waals surface area (Å²) in [5.74, 6) is 0. The smallest absolute Gasteiger partial charge is 0.261 e. The highest BCUT2D eigenvalue weighted by molar-refractivity contribution is 7.11. The molecular formula is C8H11F2NOS. The lowest BCUT2D eigenvalue weighted by atomic mass is 10.5. The largest absolute Gasteiger partial charge is 0.375 e. The first-order valence-electron chi connectivity index (χ1n) is 3.95. The number of alkyl halides is 2. The van der Waals surface area contributed by atoms with E-state index in [4.69, 9.17) is 4.74 Å². The van der Waals surface area contributed by atoms with Crippen LogP contribution in [0.1, 0.15) is 9.88 Å². The zero-order valence-electron chi connectivity index (χ0n) is 7.30. The summed E-state index contributed by atoms with van der Waals surface area (Å²) in [6, 6.07) is 0. The molecule has 1 rings (SSSR count). The average Bonchev–Trinajstić information content (AvgIpc) is 2.45. The molecule has 1 heterocycles. The van der Waals surface area contributed by atoms with Crippen molar-refractivity contribution in [2.75, 3.05) is 13.2 Å². The van der Waals surface area contributed by atoms with Crippen LogP contribution >= 0.6 is 11.3 Å². The molecule has 0 aliphatic rings. The van der Waals surface area contributed by atoms with Crippen LogP contribution in [0.2, 0.25) is 0 Å². The molecule has 0 bridgehead atoms. The Morgan fingerprint density at radius 1 is 1.62 bits per heavy atom. The fourth-order valence-electron chi connectivity index (χ4n) is 0.849. The number of nitrogens with zero attached hydrogens (tertiary/aromatic N) is 1. The lowest BCUT2D eigenvalue weighted by molar-refractivity contribution is 0.0187. The van der Waals surface area contributed by atoms with Crippen molar-refractivity contribution in [2.24, 2.45) is 0 Å². The zero-order valence-corrected chi connectivity index (χ0v) is 8.11. The van der Waals surface area contributed by atoms with Crippen molar-refractivity contribution < 1.29 is 13.5 Å². The Kier molecular flexibility index (Phi) is 4.24. The van der Waals surface area contributed by atoms with Crippen LogP contribution in [-0.2, 0) is 11.2 Å². The van der Waals surface area contributed by atoms with E-state index in [1.165, 1.54) is 0 Å². The molecule has 5 heteroatoms. The molecule has 1 aromatic heterocycles. The van der Waals surface area contributed by atoms with E-state index in [0.29, 0.717) is 13.0 Å². The Hall–Kier alpha value is -0.550. The van der Waals surface area contributed by atoms with Crippen molar-refractivity contribution >= 4 is 11.3 Å². The van der Waals surface area contributed by atoms with Gasteiger partial charge in [-0.1, -0.05) is 0 Å². The number of aromatic nitrogens is 1. The Morgan fingerprint density at radius 3 is 2.92 bits per heavy atom. The molecule has 1 aromatic rings. The van der Waals surface area contributed by atoms with Gasteiger partial charge in [-0.2, -0.15) is 0 Å². The molecule has 0 N–H and O–H groups in total. The highest BCUT2D eigenvalue weighted by atomic mass is 32.1. The molecule has 74 valence electrons. The molecule has 0 saturated heterocycles. The maximum atomic E-state index is 11.6. The molecule has 0 aliphatic carbocycles. The van der Waals surface area contributed by atoms with Crippen LogP contribution in [0.3, 0.4) is 0 Å². The second-order valence-corrected chi connectivity index (χ2v) is 3.90. The Balaban J connectivity index is 2.13. The third-order valence-electron chi connectivity index (χ3n) is 1.37. The highest BCUT2D eigenvalue weighted by Gasteiger charge is 2.02. The predicted molar refractivity (Wildman–Crippen MR) is 47.4 cm³/mol. The summed E-state index contributed by atoms with van der Waals surface area (Å²) in [6.07, 6.45) is 0.0104. The first-order valence-corrected chi connectivity index (χ1v) is 4.77. The molecule has 0 radical (unpaired) electrons. The number of thiazole rings is 1. The minimum absolute atomic E-state index is 0.317. The van der Waals surface area contributed by atoms with Crippen LogP contribution < -0.4 is 0 Å². The van der Waals surface area contributed by atoms with E-state index in [-0.39, 0.29) is 0 Å². The van der Waals surface area contributed by atoms with Gasteiger partial charge in [0.25, 0.3) is 6.43 Å². The fourth-order valence-corrected chi connectivity index (χ4v) is 1.62. The molecule has 13 heavy (non-hydrogen) atoms. The van der Waals surface area contributed by atoms with E-state index < -0.39 is 13.0 Å². The minimum atomic E-state index is -2.38.